The summed E-state index contributed by atoms with van der Waals surface area (Å²) in [5.41, 5.74) is 4.43. The lowest BCUT2D eigenvalue weighted by molar-refractivity contribution is -0.176. The van der Waals surface area contributed by atoms with Crippen molar-refractivity contribution in [3.8, 4) is 5.75 Å². The normalized spacial score (nSPS) is 31.7. The van der Waals surface area contributed by atoms with Crippen LogP contribution in [0.3, 0.4) is 0 Å². The van der Waals surface area contributed by atoms with Gasteiger partial charge >= 0.3 is 0 Å². The van der Waals surface area contributed by atoms with Crippen molar-refractivity contribution in [3.63, 3.8) is 0 Å². The Balaban J connectivity index is 1.80. The number of aliphatic hydroxyl groups is 1. The number of hydrogen-bond acceptors (Lipinski definition) is 8. The fourth-order valence-corrected chi connectivity index (χ4v) is 6.20. The van der Waals surface area contributed by atoms with Crippen LogP contribution >= 0.6 is 0 Å². The molecule has 0 aliphatic heterocycles. The van der Waals surface area contributed by atoms with Gasteiger partial charge in [-0.3, -0.25) is 28.9 Å². The van der Waals surface area contributed by atoms with Crippen molar-refractivity contribution in [1.82, 2.24) is 9.80 Å². The number of carbonyl (C=O) groups is 5. The maximum absolute atomic E-state index is 13.8. The number of aromatic hydroxyl groups is 1. The van der Waals surface area contributed by atoms with Gasteiger partial charge in [-0.2, -0.15) is 0 Å². The minimum absolute atomic E-state index is 0.00593. The van der Waals surface area contributed by atoms with Crippen LogP contribution in [0.25, 0.3) is 6.08 Å². The van der Waals surface area contributed by atoms with E-state index in [0.717, 1.165) is 0 Å². The Morgan fingerprint density at radius 2 is 1.81 bits per heavy atom. The third-order valence-electron chi connectivity index (χ3n) is 7.95. The van der Waals surface area contributed by atoms with E-state index >= 15 is 0 Å². The summed E-state index contributed by atoms with van der Waals surface area (Å²) in [6, 6.07) is 2.02. The average Bonchev–Trinajstić information content (AvgIpc) is 2.79. The molecule has 6 unspecified atom stereocenters. The molecule has 2 amide bonds. The van der Waals surface area contributed by atoms with E-state index < -0.39 is 65.0 Å². The highest BCUT2D eigenvalue weighted by atomic mass is 16.3. The summed E-state index contributed by atoms with van der Waals surface area (Å²) in [5.74, 6) is -7.19. The molecule has 0 spiro atoms. The number of fused-ring (bicyclic) bond motifs is 3. The highest BCUT2D eigenvalue weighted by Crippen LogP contribution is 2.52. The van der Waals surface area contributed by atoms with Gasteiger partial charge in [0, 0.05) is 32.5 Å². The predicted molar refractivity (Wildman–Crippen MR) is 129 cm³/mol. The number of nitrogens with two attached hydrogens (primary N) is 1. The van der Waals surface area contributed by atoms with Gasteiger partial charge in [0.15, 0.2) is 17.3 Å². The van der Waals surface area contributed by atoms with Gasteiger partial charge in [-0.05, 0) is 56.1 Å². The number of rotatable bonds is 4. The third kappa shape index (κ3) is 3.84. The molecular formula is C26H31N3O7. The first-order chi connectivity index (χ1) is 16.8. The molecule has 10 nitrogen and oxygen atoms in total. The summed E-state index contributed by atoms with van der Waals surface area (Å²) in [6.45, 7) is 0. The predicted octanol–water partition coefficient (Wildman–Crippen LogP) is -0.211. The fourth-order valence-electron chi connectivity index (χ4n) is 6.20. The van der Waals surface area contributed by atoms with E-state index in [1.54, 1.807) is 45.2 Å². The van der Waals surface area contributed by atoms with E-state index in [2.05, 4.69) is 0 Å². The van der Waals surface area contributed by atoms with Crippen molar-refractivity contribution in [3.05, 3.63) is 34.9 Å². The number of carbonyl (C=O) groups excluding carboxylic acids is 5. The van der Waals surface area contributed by atoms with Gasteiger partial charge in [-0.1, -0.05) is 6.07 Å². The lowest BCUT2D eigenvalue weighted by atomic mass is 9.52. The van der Waals surface area contributed by atoms with E-state index in [4.69, 9.17) is 5.73 Å². The molecule has 0 aromatic heterocycles. The maximum atomic E-state index is 13.8. The molecule has 1 aromatic rings. The smallest absolute Gasteiger partial charge is 0.246 e. The second-order valence-electron chi connectivity index (χ2n) is 10.5. The molecule has 2 saturated carbocycles. The molecule has 4 N–H and O–H groups in total. The Labute approximate surface area is 208 Å². The van der Waals surface area contributed by atoms with Crippen molar-refractivity contribution >= 4 is 35.2 Å². The highest BCUT2D eigenvalue weighted by molar-refractivity contribution is 6.17. The quantitative estimate of drug-likeness (QED) is 0.381. The molecule has 6 atom stereocenters. The van der Waals surface area contributed by atoms with Gasteiger partial charge in [0.1, 0.15) is 17.3 Å². The van der Waals surface area contributed by atoms with Crippen molar-refractivity contribution in [2.45, 2.75) is 30.9 Å². The number of Topliss-reactive ketones (excluding diaryl/α,β-unsaturated/α-hetero) is 3. The molecular weight excluding hydrogens is 466 g/mol. The van der Waals surface area contributed by atoms with Crippen molar-refractivity contribution in [2.75, 3.05) is 28.2 Å². The fraction of sp³-hybridized carbons (Fsp3) is 0.500. The van der Waals surface area contributed by atoms with E-state index in [0.29, 0.717) is 11.1 Å². The summed E-state index contributed by atoms with van der Waals surface area (Å²) in [6.07, 6.45) is 2.90. The number of phenols is 1. The molecule has 3 aliphatic rings. The second kappa shape index (κ2) is 8.94. The first kappa shape index (κ1) is 25.7. The number of nitrogens with zero attached hydrogens (tertiary/aromatic N) is 2. The van der Waals surface area contributed by atoms with Crippen LogP contribution in [0.5, 0.6) is 5.75 Å². The number of primary amides is 1. The molecule has 0 saturated heterocycles. The zero-order chi connectivity index (χ0) is 26.7. The minimum atomic E-state index is -2.08. The topological polar surface area (TPSA) is 158 Å². The molecule has 10 heteroatoms. The van der Waals surface area contributed by atoms with Crippen molar-refractivity contribution in [1.29, 1.82) is 0 Å². The molecule has 192 valence electrons. The van der Waals surface area contributed by atoms with Crippen LogP contribution in [0.1, 0.15) is 34.3 Å². The zero-order valence-corrected chi connectivity index (χ0v) is 20.7. The number of hydrogen-bond donors (Lipinski definition) is 3. The lowest BCUT2D eigenvalue weighted by Crippen LogP contribution is -2.69. The minimum Gasteiger partial charge on any atom is -0.507 e. The third-order valence-corrected chi connectivity index (χ3v) is 7.95. The molecule has 0 heterocycles. The first-order valence-electron chi connectivity index (χ1n) is 11.8. The van der Waals surface area contributed by atoms with Crippen molar-refractivity contribution < 1.29 is 34.2 Å². The standard InChI is InChI=1S/C26H31N3O7/c1-28(2)18(31)8-6-12-5-7-17(30)20-14(12)9-13-10-16-21(29(3)4)22(32)15(25(27)35)11-26(16,36)24(34)19(13)23(20)33/h5-8,13,15-16,19,21,30,36H,9-11H2,1-4H3,(H2,27,35)/b8-6+. The Morgan fingerprint density at radius 3 is 2.39 bits per heavy atom. The Morgan fingerprint density at radius 1 is 1.14 bits per heavy atom. The van der Waals surface area contributed by atoms with E-state index in [1.165, 1.54) is 17.0 Å². The van der Waals surface area contributed by atoms with Gasteiger partial charge in [0.25, 0.3) is 0 Å². The molecule has 1 aromatic carbocycles. The van der Waals surface area contributed by atoms with Crippen LogP contribution in [0.15, 0.2) is 18.2 Å². The average molecular weight is 498 g/mol. The lowest BCUT2D eigenvalue weighted by Gasteiger charge is -2.53. The highest BCUT2D eigenvalue weighted by Gasteiger charge is 2.64. The molecule has 3 aliphatic carbocycles. The zero-order valence-electron chi connectivity index (χ0n) is 20.7. The number of benzene rings is 1. The van der Waals surface area contributed by atoms with E-state index in [1.807, 2.05) is 0 Å². The monoisotopic (exact) mass is 497 g/mol. The van der Waals surface area contributed by atoms with Gasteiger partial charge in [0.2, 0.25) is 11.8 Å². The summed E-state index contributed by atoms with van der Waals surface area (Å²) in [5, 5.41) is 22.2. The number of amides is 2. The summed E-state index contributed by atoms with van der Waals surface area (Å²) in [7, 11) is 6.48. The van der Waals surface area contributed by atoms with Crippen LogP contribution in [-0.4, -0.2) is 89.0 Å². The number of phenolic OH excluding ortho intramolecular Hbond substituents is 1. The van der Waals surface area contributed by atoms with Gasteiger partial charge < -0.3 is 20.8 Å². The van der Waals surface area contributed by atoms with Gasteiger partial charge in [0.05, 0.1) is 17.5 Å². The van der Waals surface area contributed by atoms with Crippen LogP contribution in [-0.2, 0) is 25.6 Å². The molecule has 0 radical (unpaired) electrons. The van der Waals surface area contributed by atoms with Gasteiger partial charge in [-0.25, -0.2) is 0 Å². The molecule has 4 rings (SSSR count). The second-order valence-corrected chi connectivity index (χ2v) is 10.5. The number of likely N-dealkylation sites (N-methyl/N-ethyl adjacent to an activating group) is 2. The van der Waals surface area contributed by atoms with Crippen molar-refractivity contribution in [2.24, 2.45) is 29.4 Å². The SMILES string of the molecule is CN(C)C(=O)/C=C/c1ccc(O)c2c1CC1CC3C(N(C)C)C(=O)C(C(N)=O)CC3(O)C(=O)C1C2=O. The summed E-state index contributed by atoms with van der Waals surface area (Å²) < 4.78 is 0. The molecule has 36 heavy (non-hydrogen) atoms. The molecule has 2 fully saturated rings. The first-order valence-corrected chi connectivity index (χ1v) is 11.8. The van der Waals surface area contributed by atoms with E-state index in [-0.39, 0.29) is 30.1 Å². The Hall–Kier alpha value is -3.37. The summed E-state index contributed by atoms with van der Waals surface area (Å²) in [4.78, 5) is 67.6. The van der Waals surface area contributed by atoms with Crippen LogP contribution < -0.4 is 5.73 Å². The van der Waals surface area contributed by atoms with Crippen LogP contribution in [0.2, 0.25) is 0 Å². The largest absolute Gasteiger partial charge is 0.507 e. The Bertz CT molecular complexity index is 1200. The van der Waals surface area contributed by atoms with Crippen LogP contribution in [0, 0.1) is 23.7 Å². The molecule has 0 bridgehead atoms. The van der Waals surface area contributed by atoms with Crippen LogP contribution in [0.4, 0.5) is 0 Å². The maximum Gasteiger partial charge on any atom is 0.246 e. The Kier molecular flexibility index (Phi) is 6.38. The van der Waals surface area contributed by atoms with Gasteiger partial charge in [-0.15, -0.1) is 0 Å². The number of ketones is 3. The summed E-state index contributed by atoms with van der Waals surface area (Å²) >= 11 is 0. The van der Waals surface area contributed by atoms with E-state index in [9.17, 15) is 34.2 Å².